The summed E-state index contributed by atoms with van der Waals surface area (Å²) >= 11 is 6.02. The number of rotatable bonds is 4. The summed E-state index contributed by atoms with van der Waals surface area (Å²) in [7, 11) is 0. The molecule has 3 rings (SSSR count). The molecular formula is C15H14ClN3O4. The van der Waals surface area contributed by atoms with E-state index in [2.05, 4.69) is 10.3 Å². The summed E-state index contributed by atoms with van der Waals surface area (Å²) in [5.41, 5.74) is 0.264. The van der Waals surface area contributed by atoms with E-state index in [-0.39, 0.29) is 34.1 Å². The molecule has 2 atom stereocenters. The molecule has 0 bridgehead atoms. The normalized spacial score (nSPS) is 20.4. The van der Waals surface area contributed by atoms with Gasteiger partial charge in [-0.2, -0.15) is 0 Å². The van der Waals surface area contributed by atoms with Gasteiger partial charge in [-0.25, -0.2) is 9.78 Å². The lowest BCUT2D eigenvalue weighted by atomic mass is 10.1. The lowest BCUT2D eigenvalue weighted by Gasteiger charge is -2.20. The zero-order valence-corrected chi connectivity index (χ0v) is 12.7. The monoisotopic (exact) mass is 335 g/mol. The second kappa shape index (κ2) is 6.39. The van der Waals surface area contributed by atoms with E-state index < -0.39 is 5.97 Å². The Morgan fingerprint density at radius 1 is 1.39 bits per heavy atom. The number of halogens is 1. The van der Waals surface area contributed by atoms with Crippen LogP contribution in [-0.4, -0.2) is 45.8 Å². The second-order valence-corrected chi connectivity index (χ2v) is 5.60. The van der Waals surface area contributed by atoms with Crippen LogP contribution in [0.25, 0.3) is 0 Å². The van der Waals surface area contributed by atoms with Crippen molar-refractivity contribution in [2.45, 2.75) is 12.1 Å². The maximum Gasteiger partial charge on any atom is 0.335 e. The number of benzene rings is 1. The van der Waals surface area contributed by atoms with Crippen LogP contribution in [0, 0.1) is 0 Å². The quantitative estimate of drug-likeness (QED) is 0.885. The van der Waals surface area contributed by atoms with Crippen LogP contribution >= 0.6 is 11.6 Å². The predicted octanol–water partition coefficient (Wildman–Crippen LogP) is 1.60. The highest BCUT2D eigenvalue weighted by Crippen LogP contribution is 2.22. The van der Waals surface area contributed by atoms with Crippen molar-refractivity contribution in [1.29, 1.82) is 0 Å². The first-order valence-electron chi connectivity index (χ1n) is 6.95. The molecule has 0 radical (unpaired) electrons. The molecule has 0 spiro atoms. The van der Waals surface area contributed by atoms with E-state index in [0.717, 1.165) is 0 Å². The highest BCUT2D eigenvalue weighted by atomic mass is 35.5. The maximum atomic E-state index is 12.4. The first kappa shape index (κ1) is 15.5. The van der Waals surface area contributed by atoms with Crippen LogP contribution in [0.1, 0.15) is 26.8 Å². The van der Waals surface area contributed by atoms with Gasteiger partial charge in [0, 0.05) is 12.4 Å². The van der Waals surface area contributed by atoms with Crippen molar-refractivity contribution in [1.82, 2.24) is 14.9 Å². The highest BCUT2D eigenvalue weighted by Gasteiger charge is 2.31. The van der Waals surface area contributed by atoms with E-state index in [1.54, 1.807) is 12.5 Å². The summed E-state index contributed by atoms with van der Waals surface area (Å²) < 4.78 is 7.32. The van der Waals surface area contributed by atoms with E-state index in [1.807, 2.05) is 10.8 Å². The van der Waals surface area contributed by atoms with E-state index in [4.69, 9.17) is 21.4 Å². The minimum absolute atomic E-state index is 0.0343. The first-order valence-corrected chi connectivity index (χ1v) is 7.33. The number of amides is 1. The zero-order valence-electron chi connectivity index (χ0n) is 12.0. The second-order valence-electron chi connectivity index (χ2n) is 5.19. The molecular weight excluding hydrogens is 322 g/mol. The predicted molar refractivity (Wildman–Crippen MR) is 81.7 cm³/mol. The van der Waals surface area contributed by atoms with E-state index in [1.165, 1.54) is 18.2 Å². The van der Waals surface area contributed by atoms with Gasteiger partial charge in [0.25, 0.3) is 5.91 Å². The van der Waals surface area contributed by atoms with Gasteiger partial charge in [0.05, 0.1) is 47.8 Å². The van der Waals surface area contributed by atoms with Crippen molar-refractivity contribution >= 4 is 23.5 Å². The minimum atomic E-state index is -1.09. The molecule has 7 nitrogen and oxygen atoms in total. The largest absolute Gasteiger partial charge is 0.478 e. The van der Waals surface area contributed by atoms with Gasteiger partial charge in [-0.1, -0.05) is 11.6 Å². The van der Waals surface area contributed by atoms with Crippen LogP contribution < -0.4 is 5.32 Å². The van der Waals surface area contributed by atoms with Gasteiger partial charge >= 0.3 is 5.97 Å². The third kappa shape index (κ3) is 3.20. The van der Waals surface area contributed by atoms with Crippen LogP contribution in [0.15, 0.2) is 36.9 Å². The summed E-state index contributed by atoms with van der Waals surface area (Å²) in [6.45, 7) is 0.867. The summed E-state index contributed by atoms with van der Waals surface area (Å²) in [4.78, 5) is 27.3. The number of carboxylic acid groups (broad SMARTS) is 1. The van der Waals surface area contributed by atoms with Crippen molar-refractivity contribution in [2.75, 3.05) is 13.2 Å². The molecule has 1 fully saturated rings. The number of aromatic nitrogens is 2. The molecule has 0 saturated carbocycles. The lowest BCUT2D eigenvalue weighted by molar-refractivity contribution is 0.0696. The van der Waals surface area contributed by atoms with Crippen molar-refractivity contribution < 1.29 is 19.4 Å². The van der Waals surface area contributed by atoms with Gasteiger partial charge in [-0.15, -0.1) is 0 Å². The summed E-state index contributed by atoms with van der Waals surface area (Å²) in [6.07, 6.45) is 5.15. The van der Waals surface area contributed by atoms with E-state index in [0.29, 0.717) is 13.2 Å². The topological polar surface area (TPSA) is 93.5 Å². The molecule has 120 valence electrons. The summed E-state index contributed by atoms with van der Waals surface area (Å²) in [5, 5.41) is 11.9. The van der Waals surface area contributed by atoms with Crippen molar-refractivity contribution in [3.05, 3.63) is 53.1 Å². The van der Waals surface area contributed by atoms with E-state index >= 15 is 0 Å². The van der Waals surface area contributed by atoms with Gasteiger partial charge in [-0.05, 0) is 18.2 Å². The zero-order chi connectivity index (χ0) is 16.4. The molecule has 1 saturated heterocycles. The number of carboxylic acids is 1. The number of nitrogens with one attached hydrogen (secondary N) is 1. The number of nitrogens with zero attached hydrogens (tertiary/aromatic N) is 2. The minimum Gasteiger partial charge on any atom is -0.478 e. The molecule has 2 heterocycles. The molecule has 1 aliphatic heterocycles. The van der Waals surface area contributed by atoms with Crippen molar-refractivity contribution in [3.8, 4) is 0 Å². The third-order valence-corrected chi connectivity index (χ3v) is 4.05. The summed E-state index contributed by atoms with van der Waals surface area (Å²) in [5.74, 6) is -1.46. The molecule has 2 N–H and O–H groups in total. The molecule has 8 heteroatoms. The average Bonchev–Trinajstić information content (AvgIpc) is 3.17. The Bertz CT molecular complexity index is 732. The van der Waals surface area contributed by atoms with Gasteiger partial charge in [0.1, 0.15) is 0 Å². The van der Waals surface area contributed by atoms with Crippen LogP contribution in [0.4, 0.5) is 0 Å². The fourth-order valence-corrected chi connectivity index (χ4v) is 2.79. The molecule has 1 aliphatic rings. The number of imidazole rings is 1. The molecule has 1 aromatic heterocycles. The van der Waals surface area contributed by atoms with Crippen LogP contribution in [0.2, 0.25) is 5.02 Å². The number of hydrogen-bond donors (Lipinski definition) is 2. The number of carbonyl (C=O) groups is 2. The van der Waals surface area contributed by atoms with Crippen molar-refractivity contribution in [3.63, 3.8) is 0 Å². The SMILES string of the molecule is O=C(O)c1ccc(C(=O)N[C@@H]2COC[C@@H]2n2ccnc2)c(Cl)c1. The van der Waals surface area contributed by atoms with E-state index in [9.17, 15) is 9.59 Å². The average molecular weight is 336 g/mol. The Labute approximate surface area is 136 Å². The van der Waals surface area contributed by atoms with Gasteiger partial charge in [0.2, 0.25) is 0 Å². The third-order valence-electron chi connectivity index (χ3n) is 3.74. The molecule has 2 aromatic rings. The first-order chi connectivity index (χ1) is 11.1. The van der Waals surface area contributed by atoms with Crippen LogP contribution in [0.3, 0.4) is 0 Å². The Morgan fingerprint density at radius 2 is 2.22 bits per heavy atom. The summed E-state index contributed by atoms with van der Waals surface area (Å²) in [6, 6.07) is 3.76. The van der Waals surface area contributed by atoms with Gasteiger partial charge in [0.15, 0.2) is 0 Å². The van der Waals surface area contributed by atoms with Crippen LogP contribution in [-0.2, 0) is 4.74 Å². The Morgan fingerprint density at radius 3 is 2.87 bits per heavy atom. The number of ether oxygens (including phenoxy) is 1. The smallest absolute Gasteiger partial charge is 0.335 e. The Balaban J connectivity index is 1.75. The standard InChI is InChI=1S/C15H14ClN3O4/c16-11-5-9(15(21)22)1-2-10(11)14(20)18-12-6-23-7-13(12)19-4-3-17-8-19/h1-5,8,12-13H,6-7H2,(H,18,20)(H,21,22)/t12-,13+/m1/s1. The molecule has 1 aromatic carbocycles. The number of hydrogen-bond acceptors (Lipinski definition) is 4. The lowest BCUT2D eigenvalue weighted by Crippen LogP contribution is -2.40. The van der Waals surface area contributed by atoms with Gasteiger partial charge in [-0.3, -0.25) is 4.79 Å². The molecule has 0 unspecified atom stereocenters. The molecule has 0 aliphatic carbocycles. The molecule has 23 heavy (non-hydrogen) atoms. The highest BCUT2D eigenvalue weighted by molar-refractivity contribution is 6.34. The fourth-order valence-electron chi connectivity index (χ4n) is 2.52. The fraction of sp³-hybridized carbons (Fsp3) is 0.267. The van der Waals surface area contributed by atoms with Crippen LogP contribution in [0.5, 0.6) is 0 Å². The van der Waals surface area contributed by atoms with Gasteiger partial charge < -0.3 is 19.7 Å². The van der Waals surface area contributed by atoms with Crippen molar-refractivity contribution in [2.24, 2.45) is 0 Å². The molecule has 1 amide bonds. The maximum absolute atomic E-state index is 12.4. The Hall–Kier alpha value is -2.38. The number of carbonyl (C=O) groups excluding carboxylic acids is 1. The Kier molecular flexibility index (Phi) is 4.31. The number of aromatic carboxylic acids is 1.